The summed E-state index contributed by atoms with van der Waals surface area (Å²) < 4.78 is 32.9. The van der Waals surface area contributed by atoms with Crippen LogP contribution in [0.5, 0.6) is 0 Å². The molecule has 11 heteroatoms. The predicted octanol–water partition coefficient (Wildman–Crippen LogP) is 2.42. The summed E-state index contributed by atoms with van der Waals surface area (Å²) in [6.45, 7) is 3.68. The molecular weight excluding hydrogens is 414 g/mol. The third kappa shape index (κ3) is 3.89. The largest absolute Gasteiger partial charge is 0.420 e. The van der Waals surface area contributed by atoms with E-state index in [-0.39, 0.29) is 33.8 Å². The van der Waals surface area contributed by atoms with Gasteiger partial charge in [0.25, 0.3) is 5.69 Å². The highest BCUT2D eigenvalue weighted by molar-refractivity contribution is 7.89. The molecule has 0 saturated heterocycles. The SMILES string of the molecule is CCN(CC)S(=O)(=O)c1ccc2c(c1)oc(=O)n2CC(=O)c1ccc([N+](=O)[O-])cc1. The van der Waals surface area contributed by atoms with Crippen LogP contribution in [0.2, 0.25) is 0 Å². The van der Waals surface area contributed by atoms with Gasteiger partial charge in [-0.25, -0.2) is 13.2 Å². The summed E-state index contributed by atoms with van der Waals surface area (Å²) in [4.78, 5) is 34.9. The van der Waals surface area contributed by atoms with Gasteiger partial charge in [0.05, 0.1) is 21.9 Å². The van der Waals surface area contributed by atoms with Crippen LogP contribution in [-0.2, 0) is 16.6 Å². The average Bonchev–Trinajstić information content (AvgIpc) is 3.03. The van der Waals surface area contributed by atoms with Crippen molar-refractivity contribution in [1.82, 2.24) is 8.87 Å². The average molecular weight is 433 g/mol. The van der Waals surface area contributed by atoms with Crippen molar-refractivity contribution in [2.24, 2.45) is 0 Å². The summed E-state index contributed by atoms with van der Waals surface area (Å²) in [6, 6.07) is 9.06. The normalized spacial score (nSPS) is 11.8. The summed E-state index contributed by atoms with van der Waals surface area (Å²) in [7, 11) is -3.73. The Morgan fingerprint density at radius 2 is 1.77 bits per heavy atom. The Hall–Kier alpha value is -3.31. The number of rotatable bonds is 8. The summed E-state index contributed by atoms with van der Waals surface area (Å²) in [6.07, 6.45) is 0. The van der Waals surface area contributed by atoms with Gasteiger partial charge in [0.2, 0.25) is 10.0 Å². The lowest BCUT2D eigenvalue weighted by atomic mass is 10.1. The minimum Gasteiger partial charge on any atom is -0.408 e. The minimum atomic E-state index is -3.73. The Bertz CT molecular complexity index is 1270. The van der Waals surface area contributed by atoms with Gasteiger partial charge in [-0.3, -0.25) is 19.5 Å². The first-order valence-electron chi connectivity index (χ1n) is 9.10. The fraction of sp³-hybridized carbons (Fsp3) is 0.263. The van der Waals surface area contributed by atoms with Gasteiger partial charge in [-0.1, -0.05) is 13.8 Å². The molecule has 0 bridgehead atoms. The Morgan fingerprint density at radius 1 is 1.13 bits per heavy atom. The van der Waals surface area contributed by atoms with E-state index < -0.39 is 26.5 Å². The number of hydrogen-bond donors (Lipinski definition) is 0. The predicted molar refractivity (Wildman–Crippen MR) is 108 cm³/mol. The molecule has 0 unspecified atom stereocenters. The van der Waals surface area contributed by atoms with Crippen LogP contribution in [0.25, 0.3) is 11.1 Å². The number of aromatic nitrogens is 1. The highest BCUT2D eigenvalue weighted by Crippen LogP contribution is 2.22. The lowest BCUT2D eigenvalue weighted by Crippen LogP contribution is -2.30. The van der Waals surface area contributed by atoms with E-state index in [1.165, 1.54) is 46.8 Å². The van der Waals surface area contributed by atoms with E-state index in [4.69, 9.17) is 4.42 Å². The van der Waals surface area contributed by atoms with E-state index in [1.807, 2.05) is 0 Å². The summed E-state index contributed by atoms with van der Waals surface area (Å²) in [5, 5.41) is 10.7. The summed E-state index contributed by atoms with van der Waals surface area (Å²) in [5.74, 6) is -1.26. The van der Waals surface area contributed by atoms with Crippen molar-refractivity contribution in [1.29, 1.82) is 0 Å². The molecule has 0 aliphatic carbocycles. The minimum absolute atomic E-state index is 0.0127. The molecule has 0 N–H and O–H groups in total. The highest BCUT2D eigenvalue weighted by Gasteiger charge is 2.23. The molecule has 3 aromatic rings. The topological polar surface area (TPSA) is 133 Å². The quantitative estimate of drug-likeness (QED) is 0.303. The van der Waals surface area contributed by atoms with E-state index in [9.17, 15) is 28.1 Å². The van der Waals surface area contributed by atoms with Gasteiger partial charge in [-0.15, -0.1) is 0 Å². The van der Waals surface area contributed by atoms with Crippen molar-refractivity contribution in [3.05, 3.63) is 68.7 Å². The number of sulfonamides is 1. The molecule has 3 rings (SSSR count). The first-order valence-corrected chi connectivity index (χ1v) is 10.5. The van der Waals surface area contributed by atoms with Gasteiger partial charge in [0, 0.05) is 36.9 Å². The van der Waals surface area contributed by atoms with Crippen molar-refractivity contribution < 1.29 is 22.6 Å². The van der Waals surface area contributed by atoms with Crippen molar-refractivity contribution in [2.75, 3.05) is 13.1 Å². The number of non-ortho nitro benzene ring substituents is 1. The molecule has 0 radical (unpaired) electrons. The van der Waals surface area contributed by atoms with Gasteiger partial charge in [0.15, 0.2) is 11.4 Å². The number of nitro benzene ring substituents is 1. The van der Waals surface area contributed by atoms with Gasteiger partial charge >= 0.3 is 5.76 Å². The zero-order valence-corrected chi connectivity index (χ0v) is 17.1. The van der Waals surface area contributed by atoms with E-state index in [0.29, 0.717) is 13.1 Å². The van der Waals surface area contributed by atoms with Crippen LogP contribution >= 0.6 is 0 Å². The molecule has 0 saturated carbocycles. The first kappa shape index (κ1) is 21.4. The number of nitro groups is 1. The second-order valence-electron chi connectivity index (χ2n) is 6.40. The highest BCUT2D eigenvalue weighted by atomic mass is 32.2. The molecule has 10 nitrogen and oxygen atoms in total. The van der Waals surface area contributed by atoms with Crippen LogP contribution in [0, 0.1) is 10.1 Å². The Labute approximate surface area is 171 Å². The number of ketones is 1. The number of carbonyl (C=O) groups excluding carboxylic acids is 1. The molecule has 1 aromatic heterocycles. The van der Waals surface area contributed by atoms with Crippen LogP contribution in [0.3, 0.4) is 0 Å². The second kappa shape index (κ2) is 8.20. The number of benzene rings is 2. The monoisotopic (exact) mass is 433 g/mol. The second-order valence-corrected chi connectivity index (χ2v) is 8.34. The zero-order chi connectivity index (χ0) is 22.1. The third-order valence-electron chi connectivity index (χ3n) is 4.68. The van der Waals surface area contributed by atoms with Crippen LogP contribution < -0.4 is 5.76 Å². The Morgan fingerprint density at radius 3 is 2.33 bits per heavy atom. The molecular formula is C19H19N3O7S. The molecule has 0 amide bonds. The first-order chi connectivity index (χ1) is 14.2. The number of oxazole rings is 1. The maximum absolute atomic E-state index is 12.7. The fourth-order valence-corrected chi connectivity index (χ4v) is 4.55. The number of carbonyl (C=O) groups is 1. The Kier molecular flexibility index (Phi) is 5.85. The zero-order valence-electron chi connectivity index (χ0n) is 16.3. The Balaban J connectivity index is 1.94. The number of hydrogen-bond acceptors (Lipinski definition) is 7. The molecule has 0 aliphatic heterocycles. The summed E-state index contributed by atoms with van der Waals surface area (Å²) in [5.41, 5.74) is 0.362. The van der Waals surface area contributed by atoms with Crippen molar-refractivity contribution in [2.45, 2.75) is 25.3 Å². The molecule has 158 valence electrons. The smallest absolute Gasteiger partial charge is 0.408 e. The maximum atomic E-state index is 12.7. The number of nitrogens with zero attached hydrogens (tertiary/aromatic N) is 3. The number of fused-ring (bicyclic) bond motifs is 1. The van der Waals surface area contributed by atoms with Gasteiger partial charge in [-0.05, 0) is 24.3 Å². The van der Waals surface area contributed by atoms with Crippen LogP contribution in [0.4, 0.5) is 5.69 Å². The van der Waals surface area contributed by atoms with Crippen molar-refractivity contribution >= 4 is 32.6 Å². The van der Waals surface area contributed by atoms with Crippen molar-refractivity contribution in [3.63, 3.8) is 0 Å². The van der Waals surface area contributed by atoms with E-state index in [1.54, 1.807) is 13.8 Å². The summed E-state index contributed by atoms with van der Waals surface area (Å²) >= 11 is 0. The van der Waals surface area contributed by atoms with Crippen LogP contribution in [-0.4, -0.2) is 41.1 Å². The fourth-order valence-electron chi connectivity index (χ4n) is 3.07. The molecule has 30 heavy (non-hydrogen) atoms. The van der Waals surface area contributed by atoms with Gasteiger partial charge in [-0.2, -0.15) is 4.31 Å². The van der Waals surface area contributed by atoms with E-state index >= 15 is 0 Å². The molecule has 1 heterocycles. The van der Waals surface area contributed by atoms with E-state index in [2.05, 4.69) is 0 Å². The molecule has 2 aromatic carbocycles. The lowest BCUT2D eigenvalue weighted by molar-refractivity contribution is -0.384. The molecule has 0 spiro atoms. The molecule has 0 atom stereocenters. The van der Waals surface area contributed by atoms with E-state index in [0.717, 1.165) is 4.57 Å². The van der Waals surface area contributed by atoms with Gasteiger partial charge in [0.1, 0.15) is 0 Å². The van der Waals surface area contributed by atoms with Crippen LogP contribution in [0.15, 0.2) is 56.6 Å². The number of Topliss-reactive ketones (excluding diaryl/α,β-unsaturated/α-hetero) is 1. The van der Waals surface area contributed by atoms with Crippen molar-refractivity contribution in [3.8, 4) is 0 Å². The van der Waals surface area contributed by atoms with Crippen LogP contribution in [0.1, 0.15) is 24.2 Å². The lowest BCUT2D eigenvalue weighted by Gasteiger charge is -2.18. The molecule has 0 fully saturated rings. The molecule has 0 aliphatic rings. The maximum Gasteiger partial charge on any atom is 0.420 e. The van der Waals surface area contributed by atoms with Gasteiger partial charge < -0.3 is 4.42 Å². The third-order valence-corrected chi connectivity index (χ3v) is 6.73. The standard InChI is InChI=1S/C19H19N3O7S/c1-3-20(4-2)30(27,28)15-9-10-16-18(11-15)29-19(24)21(16)12-17(23)13-5-7-14(8-6-13)22(25)26/h5-11H,3-4,12H2,1-2H3.